The molecule has 5 rings (SSSR count). The summed E-state index contributed by atoms with van der Waals surface area (Å²) >= 11 is 7.31. The Labute approximate surface area is 195 Å². The van der Waals surface area contributed by atoms with E-state index in [-0.39, 0.29) is 30.4 Å². The van der Waals surface area contributed by atoms with Crippen LogP contribution in [0.3, 0.4) is 0 Å². The zero-order valence-corrected chi connectivity index (χ0v) is 18.9. The number of nitrogens with zero attached hydrogens (tertiary/aromatic N) is 1. The molecule has 0 aromatic heterocycles. The van der Waals surface area contributed by atoms with E-state index in [9.17, 15) is 9.59 Å². The number of carbonyl (C=O) groups excluding carboxylic acids is 2. The molecule has 0 spiro atoms. The molecule has 0 saturated carbocycles. The minimum absolute atomic E-state index is 0.0460. The van der Waals surface area contributed by atoms with Crippen LogP contribution in [0, 0.1) is 12.8 Å². The van der Waals surface area contributed by atoms with Crippen LogP contribution in [-0.2, 0) is 11.3 Å². The number of benzene rings is 2. The topological polar surface area (TPSA) is 55.8 Å². The molecule has 1 saturated heterocycles. The van der Waals surface area contributed by atoms with E-state index in [0.29, 0.717) is 27.0 Å². The predicted octanol–water partition coefficient (Wildman–Crippen LogP) is 6.12. The highest BCUT2D eigenvalue weighted by molar-refractivity contribution is 8.18. The molecule has 0 N–H and O–H groups in total. The summed E-state index contributed by atoms with van der Waals surface area (Å²) in [7, 11) is 0. The first-order chi connectivity index (χ1) is 15.5. The number of hydrogen-bond donors (Lipinski definition) is 0. The van der Waals surface area contributed by atoms with Gasteiger partial charge in [-0.3, -0.25) is 14.5 Å². The van der Waals surface area contributed by atoms with Crippen LogP contribution in [0.4, 0.5) is 4.79 Å². The Hall–Kier alpha value is -2.96. The molecule has 162 valence electrons. The molecule has 2 aliphatic heterocycles. The number of aryl methyl sites for hydroxylation is 1. The molecule has 2 aromatic rings. The van der Waals surface area contributed by atoms with Gasteiger partial charge in [-0.2, -0.15) is 0 Å². The molecule has 7 heteroatoms. The van der Waals surface area contributed by atoms with Gasteiger partial charge in [0.1, 0.15) is 0 Å². The van der Waals surface area contributed by atoms with Gasteiger partial charge >= 0.3 is 0 Å². The van der Waals surface area contributed by atoms with E-state index in [1.165, 1.54) is 21.6 Å². The molecule has 1 atom stereocenters. The maximum Gasteiger partial charge on any atom is 0.293 e. The molecule has 2 heterocycles. The maximum atomic E-state index is 13.0. The lowest BCUT2D eigenvalue weighted by molar-refractivity contribution is -0.123. The van der Waals surface area contributed by atoms with Crippen molar-refractivity contribution in [2.24, 2.45) is 5.92 Å². The SMILES string of the molecule is Cc1ccc(C2=CC=CC(/C=C3\SC(=O)N(Cc4cc5c(cc4Cl)OCO5)C3=O)C2)cc1. The second kappa shape index (κ2) is 8.52. The van der Waals surface area contributed by atoms with Crippen LogP contribution in [0.5, 0.6) is 11.5 Å². The number of allylic oxidation sites excluding steroid dienone is 5. The van der Waals surface area contributed by atoms with E-state index in [0.717, 1.165) is 18.2 Å². The third-order valence-electron chi connectivity index (χ3n) is 5.64. The van der Waals surface area contributed by atoms with E-state index in [1.807, 2.05) is 12.2 Å². The van der Waals surface area contributed by atoms with Crippen LogP contribution in [0.2, 0.25) is 5.02 Å². The fourth-order valence-corrected chi connectivity index (χ4v) is 5.00. The van der Waals surface area contributed by atoms with E-state index in [1.54, 1.807) is 12.1 Å². The first kappa shape index (κ1) is 20.9. The molecule has 2 aromatic carbocycles. The summed E-state index contributed by atoms with van der Waals surface area (Å²) in [5, 5.41) is 0.129. The lowest BCUT2D eigenvalue weighted by atomic mass is 9.89. The van der Waals surface area contributed by atoms with E-state index < -0.39 is 0 Å². The highest BCUT2D eigenvalue weighted by Gasteiger charge is 2.36. The summed E-state index contributed by atoms with van der Waals surface area (Å²) in [6, 6.07) is 11.8. The first-order valence-corrected chi connectivity index (χ1v) is 11.5. The zero-order chi connectivity index (χ0) is 22.2. The van der Waals surface area contributed by atoms with Crippen LogP contribution >= 0.6 is 23.4 Å². The zero-order valence-electron chi connectivity index (χ0n) is 17.3. The minimum Gasteiger partial charge on any atom is -0.454 e. The monoisotopic (exact) mass is 465 g/mol. The van der Waals surface area contributed by atoms with Gasteiger partial charge in [0.15, 0.2) is 11.5 Å². The molecular formula is C25H20ClNO4S. The van der Waals surface area contributed by atoms with Gasteiger partial charge in [0, 0.05) is 17.0 Å². The van der Waals surface area contributed by atoms with Crippen molar-refractivity contribution in [1.82, 2.24) is 4.90 Å². The van der Waals surface area contributed by atoms with Crippen LogP contribution < -0.4 is 9.47 Å². The van der Waals surface area contributed by atoms with Crippen LogP contribution in [0.1, 0.15) is 23.1 Å². The van der Waals surface area contributed by atoms with Gasteiger partial charge in [0.25, 0.3) is 11.1 Å². The van der Waals surface area contributed by atoms with Gasteiger partial charge < -0.3 is 9.47 Å². The van der Waals surface area contributed by atoms with Crippen molar-refractivity contribution < 1.29 is 19.1 Å². The van der Waals surface area contributed by atoms with E-state index in [4.69, 9.17) is 21.1 Å². The lowest BCUT2D eigenvalue weighted by Crippen LogP contribution is -2.27. The van der Waals surface area contributed by atoms with Gasteiger partial charge in [-0.25, -0.2) is 0 Å². The summed E-state index contributed by atoms with van der Waals surface area (Å²) in [5.41, 5.74) is 4.24. The average molecular weight is 466 g/mol. The fraction of sp³-hybridized carbons (Fsp3) is 0.200. The number of imide groups is 1. The normalized spacial score (nSPS) is 20.9. The number of ether oxygens (including phenoxy) is 2. The Bertz CT molecular complexity index is 1200. The van der Waals surface area contributed by atoms with Gasteiger partial charge in [0.05, 0.1) is 11.4 Å². The third-order valence-corrected chi connectivity index (χ3v) is 6.92. The minimum atomic E-state index is -0.302. The number of amides is 2. The van der Waals surface area contributed by atoms with Crippen molar-refractivity contribution in [3.63, 3.8) is 0 Å². The van der Waals surface area contributed by atoms with Crippen LogP contribution in [0.15, 0.2) is 65.6 Å². The number of fused-ring (bicyclic) bond motifs is 1. The van der Waals surface area contributed by atoms with Crippen molar-refractivity contribution in [3.8, 4) is 11.5 Å². The Balaban J connectivity index is 1.31. The highest BCUT2D eigenvalue weighted by atomic mass is 35.5. The number of halogens is 1. The van der Waals surface area contributed by atoms with Crippen LogP contribution in [0.25, 0.3) is 5.57 Å². The smallest absolute Gasteiger partial charge is 0.293 e. The standard InChI is InChI=1S/C25H20ClNO4S/c1-15-5-7-17(8-6-15)18-4-2-3-16(9-18)10-23-24(28)27(25(29)32-23)13-19-11-21-22(12-20(19)26)31-14-30-21/h2-8,10-12,16H,9,13-14H2,1H3/b23-10-. The molecule has 1 fully saturated rings. The molecular weight excluding hydrogens is 446 g/mol. The number of rotatable bonds is 4. The predicted molar refractivity (Wildman–Crippen MR) is 126 cm³/mol. The fourth-order valence-electron chi connectivity index (χ4n) is 3.90. The Morgan fingerprint density at radius 1 is 1.16 bits per heavy atom. The molecule has 32 heavy (non-hydrogen) atoms. The third kappa shape index (κ3) is 4.08. The second-order valence-electron chi connectivity index (χ2n) is 7.90. The molecule has 1 aliphatic carbocycles. The van der Waals surface area contributed by atoms with E-state index >= 15 is 0 Å². The molecule has 1 unspecified atom stereocenters. The largest absolute Gasteiger partial charge is 0.454 e. The Kier molecular flexibility index (Phi) is 5.57. The number of hydrogen-bond acceptors (Lipinski definition) is 5. The molecule has 3 aliphatic rings. The maximum absolute atomic E-state index is 13.0. The average Bonchev–Trinajstić information content (AvgIpc) is 3.33. The van der Waals surface area contributed by atoms with Crippen molar-refractivity contribution in [2.75, 3.05) is 6.79 Å². The Morgan fingerprint density at radius 2 is 1.91 bits per heavy atom. The van der Waals surface area contributed by atoms with Gasteiger partial charge in [-0.15, -0.1) is 0 Å². The van der Waals surface area contributed by atoms with Crippen molar-refractivity contribution in [3.05, 3.63) is 87.3 Å². The second-order valence-corrected chi connectivity index (χ2v) is 9.30. The van der Waals surface area contributed by atoms with Crippen LogP contribution in [-0.4, -0.2) is 22.8 Å². The molecule has 0 radical (unpaired) electrons. The number of thioether (sulfide) groups is 1. The van der Waals surface area contributed by atoms with E-state index in [2.05, 4.69) is 43.3 Å². The van der Waals surface area contributed by atoms with Gasteiger partial charge in [-0.05, 0) is 47.9 Å². The Morgan fingerprint density at radius 3 is 2.69 bits per heavy atom. The van der Waals surface area contributed by atoms with Crippen molar-refractivity contribution in [2.45, 2.75) is 19.9 Å². The van der Waals surface area contributed by atoms with Gasteiger partial charge in [-0.1, -0.05) is 65.7 Å². The summed E-state index contributed by atoms with van der Waals surface area (Å²) < 4.78 is 10.7. The summed E-state index contributed by atoms with van der Waals surface area (Å²) in [4.78, 5) is 27.3. The molecule has 0 bridgehead atoms. The summed E-state index contributed by atoms with van der Waals surface area (Å²) in [5.74, 6) is 0.877. The quantitative estimate of drug-likeness (QED) is 0.509. The van der Waals surface area contributed by atoms with Gasteiger partial charge in [0.2, 0.25) is 6.79 Å². The number of carbonyl (C=O) groups is 2. The first-order valence-electron chi connectivity index (χ1n) is 10.3. The summed E-state index contributed by atoms with van der Waals surface area (Å²) in [6.45, 7) is 2.29. The van der Waals surface area contributed by atoms with Crippen molar-refractivity contribution in [1.29, 1.82) is 0 Å². The lowest BCUT2D eigenvalue weighted by Gasteiger charge is -2.17. The van der Waals surface area contributed by atoms with Crippen molar-refractivity contribution >= 4 is 40.1 Å². The molecule has 5 nitrogen and oxygen atoms in total. The summed E-state index contributed by atoms with van der Waals surface area (Å²) in [6.07, 6.45) is 8.84. The molecule has 2 amide bonds. The highest BCUT2D eigenvalue weighted by Crippen LogP contribution is 2.40.